The summed E-state index contributed by atoms with van der Waals surface area (Å²) in [4.78, 5) is 54.0. The Labute approximate surface area is 270 Å². The average molecular weight is 649 g/mol. The fourth-order valence-corrected chi connectivity index (χ4v) is 4.80. The Balaban J connectivity index is 1.33. The van der Waals surface area contributed by atoms with Crippen LogP contribution in [0.15, 0.2) is 72.8 Å². The number of aryl methyl sites for hydroxylation is 1. The number of hydrogen-bond acceptors (Lipinski definition) is 6. The molecule has 45 heavy (non-hydrogen) atoms. The van der Waals surface area contributed by atoms with Crippen molar-refractivity contribution >= 4 is 75.2 Å². The second-order valence-electron chi connectivity index (χ2n) is 10.0. The van der Waals surface area contributed by atoms with Crippen LogP contribution in [0.1, 0.15) is 23.7 Å². The first kappa shape index (κ1) is 33.0. The van der Waals surface area contributed by atoms with E-state index in [0.29, 0.717) is 33.3 Å². The quantitative estimate of drug-likeness (QED) is 0.190. The molecule has 0 aliphatic rings. The zero-order valence-corrected chi connectivity index (χ0v) is 26.3. The molecule has 12 heteroatoms. The highest BCUT2D eigenvalue weighted by atomic mass is 35.5. The summed E-state index contributed by atoms with van der Waals surface area (Å²) in [5.41, 5.74) is 3.73. The minimum absolute atomic E-state index is 0.0498. The average Bonchev–Trinajstić information content (AvgIpc) is 3.02. The molecule has 0 spiro atoms. The number of para-hydroxylation sites is 1. The molecule has 3 N–H and O–H groups in total. The maximum atomic E-state index is 12.9. The molecule has 4 rings (SSSR count). The summed E-state index contributed by atoms with van der Waals surface area (Å²) in [7, 11) is 1.55. The molecular weight excluding hydrogens is 617 g/mol. The number of nitrogens with one attached hydrogen (secondary N) is 3. The minimum atomic E-state index is -0.473. The van der Waals surface area contributed by atoms with Crippen LogP contribution in [0.3, 0.4) is 0 Å². The van der Waals surface area contributed by atoms with Gasteiger partial charge >= 0.3 is 0 Å². The lowest BCUT2D eigenvalue weighted by Gasteiger charge is -2.21. The van der Waals surface area contributed by atoms with E-state index in [4.69, 9.17) is 27.9 Å². The predicted molar refractivity (Wildman–Crippen MR) is 176 cm³/mol. The molecule has 4 amide bonds. The molecule has 232 valence electrons. The SMILES string of the molecule is CC(=O)NCC(=O)Nc1ccc(C=CC(=O)NCC(=O)N(C)c2ccc(Cl)c(COc3cccc4ccc(C)nc34)c2Cl)cc1. The summed E-state index contributed by atoms with van der Waals surface area (Å²) < 4.78 is 6.07. The van der Waals surface area contributed by atoms with Crippen LogP contribution in [-0.4, -0.2) is 48.7 Å². The Morgan fingerprint density at radius 1 is 0.933 bits per heavy atom. The number of likely N-dealkylation sites (N-methyl/N-ethyl adjacent to an activating group) is 1. The molecule has 0 unspecified atom stereocenters. The van der Waals surface area contributed by atoms with Crippen molar-refractivity contribution in [1.82, 2.24) is 15.6 Å². The minimum Gasteiger partial charge on any atom is -0.487 e. The van der Waals surface area contributed by atoms with Gasteiger partial charge in [0.15, 0.2) is 0 Å². The summed E-state index contributed by atoms with van der Waals surface area (Å²) in [5, 5.41) is 9.21. The number of ether oxygens (including phenoxy) is 1. The monoisotopic (exact) mass is 647 g/mol. The summed E-state index contributed by atoms with van der Waals surface area (Å²) in [5.74, 6) is -0.955. The number of benzene rings is 3. The summed E-state index contributed by atoms with van der Waals surface area (Å²) in [6.07, 6.45) is 2.87. The molecule has 0 aliphatic heterocycles. The number of hydrogen-bond donors (Lipinski definition) is 3. The van der Waals surface area contributed by atoms with Gasteiger partial charge in [-0.3, -0.25) is 19.2 Å². The standard InChI is InChI=1S/C33H31Cl2N5O5/c1-20-7-11-23-5-4-6-28(33(23)38-20)45-19-25-26(34)14-15-27(32(25)35)40(3)31(44)18-37-29(42)16-10-22-8-12-24(13-9-22)39-30(43)17-36-21(2)41/h4-16H,17-19H2,1-3H3,(H,36,41)(H,37,42)(H,39,43). The van der Waals surface area contributed by atoms with Gasteiger partial charge in [0.2, 0.25) is 23.6 Å². The van der Waals surface area contributed by atoms with Gasteiger partial charge in [0.1, 0.15) is 17.9 Å². The highest BCUT2D eigenvalue weighted by Gasteiger charge is 2.19. The number of amides is 4. The number of rotatable bonds is 11. The number of halogens is 2. The van der Waals surface area contributed by atoms with Crippen LogP contribution < -0.4 is 25.6 Å². The van der Waals surface area contributed by atoms with E-state index >= 15 is 0 Å². The van der Waals surface area contributed by atoms with E-state index < -0.39 is 11.8 Å². The number of fused-ring (bicyclic) bond motifs is 1. The third-order valence-corrected chi connectivity index (χ3v) is 7.40. The largest absolute Gasteiger partial charge is 0.487 e. The van der Waals surface area contributed by atoms with Crippen molar-refractivity contribution in [3.63, 3.8) is 0 Å². The lowest BCUT2D eigenvalue weighted by molar-refractivity contribution is -0.122. The van der Waals surface area contributed by atoms with Gasteiger partial charge in [-0.05, 0) is 55.0 Å². The molecule has 1 aromatic heterocycles. The molecule has 1 heterocycles. The van der Waals surface area contributed by atoms with E-state index in [1.165, 1.54) is 17.9 Å². The third-order valence-electron chi connectivity index (χ3n) is 6.63. The molecular formula is C33H31Cl2N5O5. The first-order valence-corrected chi connectivity index (χ1v) is 14.6. The lowest BCUT2D eigenvalue weighted by Crippen LogP contribution is -2.37. The van der Waals surface area contributed by atoms with E-state index in [1.54, 1.807) is 49.5 Å². The molecule has 4 aromatic rings. The van der Waals surface area contributed by atoms with Crippen LogP contribution >= 0.6 is 23.2 Å². The number of pyridine rings is 1. The number of aromatic nitrogens is 1. The zero-order valence-electron chi connectivity index (χ0n) is 24.8. The van der Waals surface area contributed by atoms with Gasteiger partial charge < -0.3 is 25.6 Å². The van der Waals surface area contributed by atoms with Crippen molar-refractivity contribution in [3.8, 4) is 5.75 Å². The first-order valence-electron chi connectivity index (χ1n) is 13.8. The van der Waals surface area contributed by atoms with E-state index in [2.05, 4.69) is 20.9 Å². The van der Waals surface area contributed by atoms with Gasteiger partial charge in [-0.2, -0.15) is 0 Å². The second kappa shape index (κ2) is 15.2. The van der Waals surface area contributed by atoms with Gasteiger partial charge in [0.05, 0.1) is 23.8 Å². The number of anilines is 2. The number of carbonyl (C=O) groups excluding carboxylic acids is 4. The first-order chi connectivity index (χ1) is 21.5. The van der Waals surface area contributed by atoms with Gasteiger partial charge in [-0.25, -0.2) is 4.98 Å². The Morgan fingerprint density at radius 3 is 2.42 bits per heavy atom. The smallest absolute Gasteiger partial charge is 0.246 e. The van der Waals surface area contributed by atoms with E-state index in [1.807, 2.05) is 37.3 Å². The van der Waals surface area contributed by atoms with Crippen LogP contribution in [0.2, 0.25) is 10.0 Å². The molecule has 3 aromatic carbocycles. The van der Waals surface area contributed by atoms with E-state index in [-0.39, 0.29) is 36.5 Å². The topological polar surface area (TPSA) is 130 Å². The van der Waals surface area contributed by atoms with Crippen molar-refractivity contribution < 1.29 is 23.9 Å². The zero-order chi connectivity index (χ0) is 32.5. The van der Waals surface area contributed by atoms with Crippen molar-refractivity contribution in [2.24, 2.45) is 0 Å². The molecule has 0 saturated carbocycles. The van der Waals surface area contributed by atoms with Crippen LogP contribution in [-0.2, 0) is 25.8 Å². The Kier molecular flexibility index (Phi) is 11.1. The van der Waals surface area contributed by atoms with Crippen molar-refractivity contribution in [2.75, 3.05) is 30.4 Å². The Bertz CT molecular complexity index is 1780. The van der Waals surface area contributed by atoms with Crippen LogP contribution in [0.4, 0.5) is 11.4 Å². The normalized spacial score (nSPS) is 10.9. The highest BCUT2D eigenvalue weighted by molar-refractivity contribution is 6.38. The highest BCUT2D eigenvalue weighted by Crippen LogP contribution is 2.35. The maximum absolute atomic E-state index is 12.9. The summed E-state index contributed by atoms with van der Waals surface area (Å²) >= 11 is 13.2. The van der Waals surface area contributed by atoms with Gasteiger partial charge in [0.25, 0.3) is 0 Å². The van der Waals surface area contributed by atoms with E-state index in [0.717, 1.165) is 16.6 Å². The summed E-state index contributed by atoms with van der Waals surface area (Å²) in [6, 6.07) is 19.5. The predicted octanol–water partition coefficient (Wildman–Crippen LogP) is 5.30. The van der Waals surface area contributed by atoms with Gasteiger partial charge in [0, 0.05) is 47.4 Å². The van der Waals surface area contributed by atoms with E-state index in [9.17, 15) is 19.2 Å². The van der Waals surface area contributed by atoms with Crippen molar-refractivity contribution in [3.05, 3.63) is 99.7 Å². The van der Waals surface area contributed by atoms with Gasteiger partial charge in [-0.1, -0.05) is 53.5 Å². The molecule has 0 bridgehead atoms. The molecule has 0 saturated heterocycles. The Morgan fingerprint density at radius 2 is 1.69 bits per heavy atom. The molecule has 0 aliphatic carbocycles. The second-order valence-corrected chi connectivity index (χ2v) is 10.8. The molecule has 0 radical (unpaired) electrons. The van der Waals surface area contributed by atoms with Crippen molar-refractivity contribution in [1.29, 1.82) is 0 Å². The van der Waals surface area contributed by atoms with Crippen LogP contribution in [0.25, 0.3) is 17.0 Å². The molecule has 0 fully saturated rings. The maximum Gasteiger partial charge on any atom is 0.246 e. The molecule has 10 nitrogen and oxygen atoms in total. The number of carbonyl (C=O) groups is 4. The van der Waals surface area contributed by atoms with Crippen LogP contribution in [0, 0.1) is 6.92 Å². The van der Waals surface area contributed by atoms with Crippen LogP contribution in [0.5, 0.6) is 5.75 Å². The third kappa shape index (κ3) is 9.04. The summed E-state index contributed by atoms with van der Waals surface area (Å²) in [6.45, 7) is 2.88. The molecule has 0 atom stereocenters. The fourth-order valence-electron chi connectivity index (χ4n) is 4.19. The number of nitrogens with zero attached hydrogens (tertiary/aromatic N) is 2. The lowest BCUT2D eigenvalue weighted by atomic mass is 10.1. The van der Waals surface area contributed by atoms with Crippen molar-refractivity contribution in [2.45, 2.75) is 20.5 Å². The van der Waals surface area contributed by atoms with Gasteiger partial charge in [-0.15, -0.1) is 0 Å². The fraction of sp³-hybridized carbons (Fsp3) is 0.182. The Hall–Kier alpha value is -4.93.